The summed E-state index contributed by atoms with van der Waals surface area (Å²) >= 11 is 5.22. The van der Waals surface area contributed by atoms with Crippen molar-refractivity contribution in [3.8, 4) is 5.75 Å². The summed E-state index contributed by atoms with van der Waals surface area (Å²) in [5, 5.41) is 7.16. The molecule has 0 saturated heterocycles. The third-order valence-corrected chi connectivity index (χ3v) is 4.30. The third kappa shape index (κ3) is 6.54. The number of hydrazine groups is 1. The monoisotopic (exact) mass is 387 g/mol. The Morgan fingerprint density at radius 1 is 1.19 bits per heavy atom. The molecule has 0 spiro atoms. The molecule has 0 saturated carbocycles. The van der Waals surface area contributed by atoms with Crippen LogP contribution in [0.1, 0.15) is 12.0 Å². The van der Waals surface area contributed by atoms with Crippen LogP contribution in [-0.2, 0) is 9.53 Å². The molecule has 0 aromatic heterocycles. The molecule has 0 fully saturated rings. The molecule has 0 heterocycles. The average Bonchev–Trinajstić information content (AvgIpc) is 2.68. The standard InChI is InChI=1S/C20H25N3O3S/c1-23(20(27)21-11-4-12-25-2)22-19(24)10-6-15-5-7-17-14-18(26-3)9-8-16(17)13-15/h5-10,13-14H,4,11-12H2,1-3H3,(H,21,27)(H,22,24)/b10-6+. The molecule has 7 heteroatoms. The van der Waals surface area contributed by atoms with Crippen LogP contribution in [0.3, 0.4) is 0 Å². The number of nitrogens with zero attached hydrogens (tertiary/aromatic N) is 1. The number of fused-ring (bicyclic) bond motifs is 1. The van der Waals surface area contributed by atoms with Gasteiger partial charge in [0.1, 0.15) is 5.75 Å². The molecule has 0 aliphatic heterocycles. The first-order chi connectivity index (χ1) is 13.0. The van der Waals surface area contributed by atoms with E-state index in [1.807, 2.05) is 36.4 Å². The Kier molecular flexibility index (Phi) is 8.03. The molecule has 0 radical (unpaired) electrons. The first-order valence-electron chi connectivity index (χ1n) is 8.60. The smallest absolute Gasteiger partial charge is 0.262 e. The molecule has 2 aromatic carbocycles. The largest absolute Gasteiger partial charge is 0.497 e. The van der Waals surface area contributed by atoms with Crippen LogP contribution in [0.5, 0.6) is 5.75 Å². The Balaban J connectivity index is 1.90. The minimum Gasteiger partial charge on any atom is -0.497 e. The maximum atomic E-state index is 12.1. The predicted molar refractivity (Wildman–Crippen MR) is 113 cm³/mol. The van der Waals surface area contributed by atoms with Gasteiger partial charge in [0.2, 0.25) is 0 Å². The van der Waals surface area contributed by atoms with Crippen molar-refractivity contribution in [2.75, 3.05) is 34.4 Å². The van der Waals surface area contributed by atoms with E-state index in [9.17, 15) is 4.79 Å². The molecule has 6 nitrogen and oxygen atoms in total. The molecule has 2 aromatic rings. The number of methoxy groups -OCH3 is 2. The fraction of sp³-hybridized carbons (Fsp3) is 0.300. The maximum Gasteiger partial charge on any atom is 0.262 e. The van der Waals surface area contributed by atoms with Gasteiger partial charge in [0.15, 0.2) is 5.11 Å². The summed E-state index contributed by atoms with van der Waals surface area (Å²) in [7, 11) is 5.00. The topological polar surface area (TPSA) is 62.8 Å². The van der Waals surface area contributed by atoms with Gasteiger partial charge in [-0.3, -0.25) is 15.2 Å². The van der Waals surface area contributed by atoms with Crippen molar-refractivity contribution in [2.24, 2.45) is 0 Å². The Bertz CT molecular complexity index is 823. The molecule has 27 heavy (non-hydrogen) atoms. The van der Waals surface area contributed by atoms with E-state index in [1.165, 1.54) is 11.1 Å². The van der Waals surface area contributed by atoms with Crippen LogP contribution in [-0.4, -0.2) is 50.4 Å². The molecule has 0 aliphatic rings. The van der Waals surface area contributed by atoms with Crippen LogP contribution < -0.4 is 15.5 Å². The Labute approximate surface area is 165 Å². The van der Waals surface area contributed by atoms with E-state index in [4.69, 9.17) is 21.7 Å². The van der Waals surface area contributed by atoms with E-state index in [-0.39, 0.29) is 5.91 Å². The molecule has 0 aliphatic carbocycles. The Morgan fingerprint density at radius 2 is 1.93 bits per heavy atom. The maximum absolute atomic E-state index is 12.1. The zero-order valence-corrected chi connectivity index (χ0v) is 16.6. The molecule has 0 bridgehead atoms. The highest BCUT2D eigenvalue weighted by atomic mass is 32.1. The van der Waals surface area contributed by atoms with Gasteiger partial charge in [-0.15, -0.1) is 0 Å². The minimum absolute atomic E-state index is 0.256. The molecule has 144 valence electrons. The van der Waals surface area contributed by atoms with Gasteiger partial charge in [0, 0.05) is 33.4 Å². The second-order valence-electron chi connectivity index (χ2n) is 5.92. The van der Waals surface area contributed by atoms with Crippen LogP contribution in [0, 0.1) is 0 Å². The van der Waals surface area contributed by atoms with Gasteiger partial charge in [0.05, 0.1) is 7.11 Å². The summed E-state index contributed by atoms with van der Waals surface area (Å²) in [5.74, 6) is 0.563. The van der Waals surface area contributed by atoms with Crippen molar-refractivity contribution in [3.05, 3.63) is 48.0 Å². The van der Waals surface area contributed by atoms with Crippen molar-refractivity contribution in [1.29, 1.82) is 0 Å². The highest BCUT2D eigenvalue weighted by molar-refractivity contribution is 7.80. The lowest BCUT2D eigenvalue weighted by Crippen LogP contribution is -2.47. The van der Waals surface area contributed by atoms with Crippen LogP contribution in [0.4, 0.5) is 0 Å². The van der Waals surface area contributed by atoms with Crippen molar-refractivity contribution in [3.63, 3.8) is 0 Å². The summed E-state index contributed by atoms with van der Waals surface area (Å²) in [5.41, 5.74) is 3.64. The van der Waals surface area contributed by atoms with Crippen LogP contribution in [0.2, 0.25) is 0 Å². The molecular weight excluding hydrogens is 362 g/mol. The summed E-state index contributed by atoms with van der Waals surface area (Å²) in [6.45, 7) is 1.34. The number of amides is 1. The van der Waals surface area contributed by atoms with E-state index >= 15 is 0 Å². The minimum atomic E-state index is -0.256. The molecule has 1 amide bonds. The first kappa shape index (κ1) is 20.7. The SMILES string of the molecule is COCCCNC(=S)N(C)NC(=O)/C=C/c1ccc2cc(OC)ccc2c1. The summed E-state index contributed by atoms with van der Waals surface area (Å²) in [4.78, 5) is 12.1. The summed E-state index contributed by atoms with van der Waals surface area (Å²) in [6.07, 6.45) is 4.09. The van der Waals surface area contributed by atoms with Gasteiger partial charge >= 0.3 is 0 Å². The Morgan fingerprint density at radius 3 is 2.67 bits per heavy atom. The van der Waals surface area contributed by atoms with E-state index in [0.29, 0.717) is 18.3 Å². The van der Waals surface area contributed by atoms with E-state index in [1.54, 1.807) is 27.3 Å². The van der Waals surface area contributed by atoms with Crippen molar-refractivity contribution in [2.45, 2.75) is 6.42 Å². The van der Waals surface area contributed by atoms with Crippen molar-refractivity contribution < 1.29 is 14.3 Å². The van der Waals surface area contributed by atoms with Crippen LogP contribution in [0.25, 0.3) is 16.8 Å². The number of ether oxygens (including phenoxy) is 2. The van der Waals surface area contributed by atoms with E-state index in [2.05, 4.69) is 10.7 Å². The normalized spacial score (nSPS) is 10.8. The second-order valence-corrected chi connectivity index (χ2v) is 6.31. The lowest BCUT2D eigenvalue weighted by Gasteiger charge is -2.20. The van der Waals surface area contributed by atoms with Gasteiger partial charge in [0.25, 0.3) is 5.91 Å². The Hall–Kier alpha value is -2.64. The lowest BCUT2D eigenvalue weighted by atomic mass is 10.1. The number of hydrogen-bond acceptors (Lipinski definition) is 4. The second kappa shape index (κ2) is 10.5. The molecule has 2 N–H and O–H groups in total. The first-order valence-corrected chi connectivity index (χ1v) is 9.01. The van der Waals surface area contributed by atoms with Gasteiger partial charge in [-0.25, -0.2) is 0 Å². The quantitative estimate of drug-likeness (QED) is 0.330. The number of carbonyl (C=O) groups is 1. The lowest BCUT2D eigenvalue weighted by molar-refractivity contribution is -0.119. The van der Waals surface area contributed by atoms with Crippen LogP contribution in [0.15, 0.2) is 42.5 Å². The number of nitrogens with one attached hydrogen (secondary N) is 2. The average molecular weight is 388 g/mol. The van der Waals surface area contributed by atoms with Crippen molar-refractivity contribution >= 4 is 40.1 Å². The summed E-state index contributed by atoms with van der Waals surface area (Å²) in [6, 6.07) is 11.9. The highest BCUT2D eigenvalue weighted by Gasteiger charge is 2.05. The zero-order chi connectivity index (χ0) is 19.6. The van der Waals surface area contributed by atoms with Crippen molar-refractivity contribution in [1.82, 2.24) is 15.8 Å². The number of thiocarbonyl (C=S) groups is 1. The molecule has 0 atom stereocenters. The highest BCUT2D eigenvalue weighted by Crippen LogP contribution is 2.22. The van der Waals surface area contributed by atoms with Gasteiger partial charge in [-0.05, 0) is 59.2 Å². The molecular formula is C20H25N3O3S. The third-order valence-electron chi connectivity index (χ3n) is 3.88. The van der Waals surface area contributed by atoms with E-state index < -0.39 is 0 Å². The molecule has 0 unspecified atom stereocenters. The fourth-order valence-corrected chi connectivity index (χ4v) is 2.58. The number of rotatable bonds is 7. The zero-order valence-electron chi connectivity index (χ0n) is 15.8. The van der Waals surface area contributed by atoms with Gasteiger partial charge in [-0.2, -0.15) is 0 Å². The predicted octanol–water partition coefficient (Wildman–Crippen LogP) is 2.74. The molecule has 2 rings (SSSR count). The number of hydrogen-bond donors (Lipinski definition) is 2. The number of benzene rings is 2. The van der Waals surface area contributed by atoms with Gasteiger partial charge in [-0.1, -0.05) is 18.2 Å². The number of carbonyl (C=O) groups excluding carboxylic acids is 1. The summed E-state index contributed by atoms with van der Waals surface area (Å²) < 4.78 is 10.2. The fourth-order valence-electron chi connectivity index (χ4n) is 2.43. The van der Waals surface area contributed by atoms with Gasteiger partial charge < -0.3 is 14.8 Å². The van der Waals surface area contributed by atoms with E-state index in [0.717, 1.165) is 28.5 Å². The van der Waals surface area contributed by atoms with Crippen LogP contribution >= 0.6 is 12.2 Å².